The third kappa shape index (κ3) is 4.40. The third-order valence-electron chi connectivity index (χ3n) is 3.41. The highest BCUT2D eigenvalue weighted by Gasteiger charge is 2.26. The van der Waals surface area contributed by atoms with Gasteiger partial charge in [0, 0.05) is 6.54 Å². The maximum Gasteiger partial charge on any atom is 0.318 e. The van der Waals surface area contributed by atoms with Crippen LogP contribution in [0, 0.1) is 13.8 Å². The molecular formula is C17H19NO4S. The van der Waals surface area contributed by atoms with Crippen LogP contribution in [0.4, 0.5) is 0 Å². The molecule has 0 saturated carbocycles. The number of benzene rings is 2. The maximum atomic E-state index is 12.7. The molecule has 1 N–H and O–H groups in total. The summed E-state index contributed by atoms with van der Waals surface area (Å²) >= 11 is 0. The van der Waals surface area contributed by atoms with E-state index < -0.39 is 22.5 Å². The van der Waals surface area contributed by atoms with Crippen molar-refractivity contribution in [2.24, 2.45) is 0 Å². The molecule has 0 bridgehead atoms. The van der Waals surface area contributed by atoms with Crippen LogP contribution in [0.25, 0.3) is 0 Å². The quantitative estimate of drug-likeness (QED) is 0.882. The second-order valence-corrected chi connectivity index (χ2v) is 7.41. The minimum atomic E-state index is -3.87. The van der Waals surface area contributed by atoms with Crippen molar-refractivity contribution < 1.29 is 18.3 Å². The van der Waals surface area contributed by atoms with E-state index in [1.165, 1.54) is 12.1 Å². The number of hydrogen-bond acceptors (Lipinski definition) is 3. The van der Waals surface area contributed by atoms with E-state index in [0.29, 0.717) is 0 Å². The summed E-state index contributed by atoms with van der Waals surface area (Å²) in [7, 11) is -3.87. The van der Waals surface area contributed by atoms with E-state index in [0.717, 1.165) is 21.0 Å². The van der Waals surface area contributed by atoms with E-state index in [4.69, 9.17) is 5.11 Å². The summed E-state index contributed by atoms with van der Waals surface area (Å²) in [4.78, 5) is 11.2. The van der Waals surface area contributed by atoms with Gasteiger partial charge >= 0.3 is 5.97 Å². The van der Waals surface area contributed by atoms with Gasteiger partial charge in [0.05, 0.1) is 4.90 Å². The van der Waals surface area contributed by atoms with Crippen LogP contribution in [-0.4, -0.2) is 30.3 Å². The number of rotatable bonds is 6. The zero-order chi connectivity index (χ0) is 17.0. The van der Waals surface area contributed by atoms with Gasteiger partial charge in [-0.1, -0.05) is 47.5 Å². The Hall–Kier alpha value is -2.18. The molecule has 0 aliphatic heterocycles. The van der Waals surface area contributed by atoms with Crippen molar-refractivity contribution in [3.8, 4) is 0 Å². The van der Waals surface area contributed by atoms with Gasteiger partial charge < -0.3 is 5.11 Å². The standard InChI is InChI=1S/C17H19NO4S/c1-13-6-8-16(9-7-13)23(21,22)18(12-17(19)20)11-15-5-3-4-14(2)10-15/h3-10H,11-12H2,1-2H3,(H,19,20). The average molecular weight is 333 g/mol. The molecule has 0 aliphatic rings. The number of aliphatic carboxylic acids is 1. The third-order valence-corrected chi connectivity index (χ3v) is 5.22. The molecular weight excluding hydrogens is 314 g/mol. The first-order chi connectivity index (χ1) is 10.8. The summed E-state index contributed by atoms with van der Waals surface area (Å²) < 4.78 is 26.4. The largest absolute Gasteiger partial charge is 0.480 e. The molecule has 0 aromatic heterocycles. The Morgan fingerprint density at radius 3 is 2.26 bits per heavy atom. The van der Waals surface area contributed by atoms with Crippen molar-refractivity contribution in [2.75, 3.05) is 6.54 Å². The van der Waals surface area contributed by atoms with Crippen molar-refractivity contribution in [2.45, 2.75) is 25.3 Å². The summed E-state index contributed by atoms with van der Waals surface area (Å²) in [5.74, 6) is -1.19. The first kappa shape index (κ1) is 17.2. The second kappa shape index (κ2) is 6.93. The Morgan fingerprint density at radius 2 is 1.70 bits per heavy atom. The molecule has 0 saturated heterocycles. The first-order valence-electron chi connectivity index (χ1n) is 7.13. The normalized spacial score (nSPS) is 11.6. The predicted octanol–water partition coefficient (Wildman–Crippen LogP) is 2.58. The number of carbonyl (C=O) groups is 1. The van der Waals surface area contributed by atoms with Crippen LogP contribution in [0.1, 0.15) is 16.7 Å². The lowest BCUT2D eigenvalue weighted by Gasteiger charge is -2.21. The summed E-state index contributed by atoms with van der Waals surface area (Å²) in [5, 5.41) is 9.06. The van der Waals surface area contributed by atoms with Crippen LogP contribution in [-0.2, 0) is 21.4 Å². The number of hydrogen-bond donors (Lipinski definition) is 1. The number of nitrogens with zero attached hydrogens (tertiary/aromatic N) is 1. The molecule has 0 aliphatic carbocycles. The van der Waals surface area contributed by atoms with E-state index in [9.17, 15) is 13.2 Å². The monoisotopic (exact) mass is 333 g/mol. The van der Waals surface area contributed by atoms with Gasteiger partial charge in [-0.05, 0) is 31.5 Å². The average Bonchev–Trinajstić information content (AvgIpc) is 2.46. The molecule has 0 fully saturated rings. The van der Waals surface area contributed by atoms with Crippen LogP contribution in [0.2, 0.25) is 0 Å². The lowest BCUT2D eigenvalue weighted by atomic mass is 10.1. The van der Waals surface area contributed by atoms with Crippen LogP contribution < -0.4 is 0 Å². The molecule has 6 heteroatoms. The molecule has 0 unspecified atom stereocenters. The van der Waals surface area contributed by atoms with E-state index in [1.807, 2.05) is 32.0 Å². The molecule has 2 aromatic carbocycles. The van der Waals surface area contributed by atoms with Crippen molar-refractivity contribution in [3.63, 3.8) is 0 Å². The fourth-order valence-electron chi connectivity index (χ4n) is 2.25. The van der Waals surface area contributed by atoms with Crippen molar-refractivity contribution in [1.82, 2.24) is 4.31 Å². The molecule has 2 rings (SSSR count). The van der Waals surface area contributed by atoms with Gasteiger partial charge in [-0.15, -0.1) is 0 Å². The van der Waals surface area contributed by atoms with E-state index >= 15 is 0 Å². The summed E-state index contributed by atoms with van der Waals surface area (Å²) in [6, 6.07) is 13.7. The molecule has 2 aromatic rings. The maximum absolute atomic E-state index is 12.7. The van der Waals surface area contributed by atoms with Crippen molar-refractivity contribution in [1.29, 1.82) is 0 Å². The Kier molecular flexibility index (Phi) is 5.18. The smallest absolute Gasteiger partial charge is 0.318 e. The SMILES string of the molecule is Cc1ccc(S(=O)(=O)N(CC(=O)O)Cc2cccc(C)c2)cc1. The second-order valence-electron chi connectivity index (χ2n) is 5.47. The number of carboxylic acid groups (broad SMARTS) is 1. The van der Waals surface area contributed by atoms with Crippen LogP contribution in [0.3, 0.4) is 0 Å². The number of aryl methyl sites for hydroxylation is 2. The topological polar surface area (TPSA) is 74.7 Å². The Labute approximate surface area is 136 Å². The molecule has 0 amide bonds. The summed E-state index contributed by atoms with van der Waals surface area (Å²) in [6.07, 6.45) is 0. The van der Waals surface area contributed by atoms with Gasteiger partial charge in [0.1, 0.15) is 6.54 Å². The molecule has 23 heavy (non-hydrogen) atoms. The molecule has 0 atom stereocenters. The fraction of sp³-hybridized carbons (Fsp3) is 0.235. The van der Waals surface area contributed by atoms with E-state index in [-0.39, 0.29) is 11.4 Å². The zero-order valence-corrected chi connectivity index (χ0v) is 13.9. The lowest BCUT2D eigenvalue weighted by Crippen LogP contribution is -2.35. The van der Waals surface area contributed by atoms with Gasteiger partial charge in [-0.25, -0.2) is 8.42 Å². The van der Waals surface area contributed by atoms with Gasteiger partial charge in [0.25, 0.3) is 0 Å². The van der Waals surface area contributed by atoms with Crippen molar-refractivity contribution >= 4 is 16.0 Å². The highest BCUT2D eigenvalue weighted by Crippen LogP contribution is 2.19. The molecule has 0 heterocycles. The number of sulfonamides is 1. The molecule has 0 spiro atoms. The van der Waals surface area contributed by atoms with Gasteiger partial charge in [-0.2, -0.15) is 4.31 Å². The van der Waals surface area contributed by atoms with E-state index in [2.05, 4.69) is 0 Å². The molecule has 5 nitrogen and oxygen atoms in total. The van der Waals surface area contributed by atoms with Gasteiger partial charge in [0.2, 0.25) is 10.0 Å². The molecule has 122 valence electrons. The first-order valence-corrected chi connectivity index (χ1v) is 8.57. The van der Waals surface area contributed by atoms with Crippen LogP contribution in [0.15, 0.2) is 53.4 Å². The van der Waals surface area contributed by atoms with Gasteiger partial charge in [0.15, 0.2) is 0 Å². The minimum absolute atomic E-state index is 0.0180. The Balaban J connectivity index is 2.37. The van der Waals surface area contributed by atoms with E-state index in [1.54, 1.807) is 18.2 Å². The Bertz CT molecular complexity index is 798. The fourth-order valence-corrected chi connectivity index (χ4v) is 3.63. The molecule has 0 radical (unpaired) electrons. The number of carboxylic acids is 1. The lowest BCUT2D eigenvalue weighted by molar-refractivity contribution is -0.137. The van der Waals surface area contributed by atoms with Crippen LogP contribution in [0.5, 0.6) is 0 Å². The van der Waals surface area contributed by atoms with Gasteiger partial charge in [-0.3, -0.25) is 4.79 Å². The summed E-state index contributed by atoms with van der Waals surface area (Å²) in [6.45, 7) is 3.20. The predicted molar refractivity (Wildman–Crippen MR) is 87.6 cm³/mol. The van der Waals surface area contributed by atoms with Crippen molar-refractivity contribution in [3.05, 3.63) is 65.2 Å². The summed E-state index contributed by atoms with van der Waals surface area (Å²) in [5.41, 5.74) is 2.68. The Morgan fingerprint density at radius 1 is 1.04 bits per heavy atom. The zero-order valence-electron chi connectivity index (χ0n) is 13.1. The highest BCUT2D eigenvalue weighted by molar-refractivity contribution is 7.89. The minimum Gasteiger partial charge on any atom is -0.480 e. The highest BCUT2D eigenvalue weighted by atomic mass is 32.2. The van der Waals surface area contributed by atoms with Crippen LogP contribution >= 0.6 is 0 Å².